The minimum Gasteiger partial charge on any atom is -0.381 e. The maximum absolute atomic E-state index is 13.9. The van der Waals surface area contributed by atoms with Gasteiger partial charge in [0.05, 0.1) is 12.2 Å². The minimum atomic E-state index is 0.00858. The number of likely N-dealkylation sites (tertiary alicyclic amines) is 1. The number of likely N-dealkylation sites (N-methyl/N-ethyl adjacent to an activating group) is 1. The number of nitrogens with zero attached hydrogens (tertiary/aromatic N) is 4. The average molecular weight is 450 g/mol. The molecule has 0 unspecified atom stereocenters. The molecule has 1 aromatic heterocycles. The van der Waals surface area contributed by atoms with Gasteiger partial charge in [0.25, 0.3) is 0 Å². The van der Waals surface area contributed by atoms with Crippen molar-refractivity contribution in [3.8, 4) is 0 Å². The first-order valence-electron chi connectivity index (χ1n) is 12.3. The van der Waals surface area contributed by atoms with Gasteiger partial charge in [0, 0.05) is 49.9 Å². The number of fused-ring (bicyclic) bond motifs is 1. The van der Waals surface area contributed by atoms with Crippen molar-refractivity contribution in [2.75, 3.05) is 38.7 Å². The second-order valence-corrected chi connectivity index (χ2v) is 9.89. The number of hydrogen-bond acceptors (Lipinski definition) is 6. The van der Waals surface area contributed by atoms with Crippen LogP contribution in [0.15, 0.2) is 36.5 Å². The van der Waals surface area contributed by atoms with E-state index in [4.69, 9.17) is 9.72 Å². The van der Waals surface area contributed by atoms with Gasteiger partial charge in [-0.25, -0.2) is 9.97 Å². The first-order valence-corrected chi connectivity index (χ1v) is 12.3. The third kappa shape index (κ3) is 4.89. The first kappa shape index (κ1) is 22.3. The van der Waals surface area contributed by atoms with Crippen LogP contribution in [0, 0.1) is 5.92 Å². The molecule has 5 rings (SSSR count). The molecule has 2 aromatic rings. The number of anilines is 1. The highest BCUT2D eigenvalue weighted by molar-refractivity contribution is 5.80. The third-order valence-electron chi connectivity index (χ3n) is 7.52. The summed E-state index contributed by atoms with van der Waals surface area (Å²) in [6, 6.07) is 11.0. The van der Waals surface area contributed by atoms with E-state index in [1.54, 1.807) is 0 Å². The third-order valence-corrected chi connectivity index (χ3v) is 7.52. The van der Waals surface area contributed by atoms with Gasteiger partial charge in [0.1, 0.15) is 0 Å². The van der Waals surface area contributed by atoms with E-state index < -0.39 is 0 Å². The van der Waals surface area contributed by atoms with E-state index >= 15 is 0 Å². The summed E-state index contributed by atoms with van der Waals surface area (Å²) in [7, 11) is 2.15. The fourth-order valence-electron chi connectivity index (χ4n) is 5.55. The summed E-state index contributed by atoms with van der Waals surface area (Å²) >= 11 is 0. The number of hydrogen-bond donors (Lipinski definition) is 1. The summed E-state index contributed by atoms with van der Waals surface area (Å²) in [6.07, 6.45) is 5.59. The summed E-state index contributed by atoms with van der Waals surface area (Å²) in [5, 5.41) is 3.47. The molecule has 0 aliphatic carbocycles. The standard InChI is InChI=1S/C26H35N5O2/c1-18-14-20-15-27-26(28-21-9-12-33-13-10-21)29-24(20)17-31(18)25(32)22-8-11-30(2)16-23(22)19-6-4-3-5-7-19/h3-7,15,18,21-23H,8-14,16-17H2,1-2H3,(H,27,28,29)/t18-,22+,23-/m1/s1. The van der Waals surface area contributed by atoms with Crippen LogP contribution < -0.4 is 5.32 Å². The molecule has 1 aromatic carbocycles. The Morgan fingerprint density at radius 3 is 2.73 bits per heavy atom. The maximum atomic E-state index is 13.9. The smallest absolute Gasteiger partial charge is 0.227 e. The van der Waals surface area contributed by atoms with E-state index in [2.05, 4.69) is 58.3 Å². The van der Waals surface area contributed by atoms with Crippen molar-refractivity contribution in [3.05, 3.63) is 53.3 Å². The molecule has 176 valence electrons. The first-order chi connectivity index (χ1) is 16.1. The molecular formula is C26H35N5O2. The molecule has 7 heteroatoms. The van der Waals surface area contributed by atoms with Crippen molar-refractivity contribution < 1.29 is 9.53 Å². The Balaban J connectivity index is 1.34. The molecule has 1 amide bonds. The number of piperidine rings is 1. The van der Waals surface area contributed by atoms with Crippen LogP contribution in [0.1, 0.15) is 48.9 Å². The Kier molecular flexibility index (Phi) is 6.60. The highest BCUT2D eigenvalue weighted by atomic mass is 16.5. The van der Waals surface area contributed by atoms with Gasteiger partial charge < -0.3 is 19.9 Å². The highest BCUT2D eigenvalue weighted by Gasteiger charge is 2.39. The van der Waals surface area contributed by atoms with Gasteiger partial charge in [-0.1, -0.05) is 30.3 Å². The number of carbonyl (C=O) groups excluding carboxylic acids is 1. The fraction of sp³-hybridized carbons (Fsp3) is 0.577. The maximum Gasteiger partial charge on any atom is 0.227 e. The molecule has 3 aliphatic heterocycles. The number of aromatic nitrogens is 2. The zero-order chi connectivity index (χ0) is 22.8. The lowest BCUT2D eigenvalue weighted by molar-refractivity contribution is -0.141. The van der Waals surface area contributed by atoms with Crippen LogP contribution in [0.2, 0.25) is 0 Å². The normalized spacial score (nSPS) is 26.6. The quantitative estimate of drug-likeness (QED) is 0.774. The van der Waals surface area contributed by atoms with E-state index in [0.29, 0.717) is 18.5 Å². The molecular weight excluding hydrogens is 414 g/mol. The topological polar surface area (TPSA) is 70.6 Å². The van der Waals surface area contributed by atoms with Gasteiger partial charge in [-0.2, -0.15) is 0 Å². The summed E-state index contributed by atoms with van der Waals surface area (Å²) in [5.74, 6) is 1.17. The van der Waals surface area contributed by atoms with Crippen LogP contribution in [0.3, 0.4) is 0 Å². The van der Waals surface area contributed by atoms with Gasteiger partial charge in [-0.05, 0) is 57.3 Å². The molecule has 4 heterocycles. The van der Waals surface area contributed by atoms with E-state index in [1.807, 2.05) is 12.3 Å². The summed E-state index contributed by atoms with van der Waals surface area (Å²) in [4.78, 5) is 27.7. The van der Waals surface area contributed by atoms with Gasteiger partial charge in [0.15, 0.2) is 0 Å². The minimum absolute atomic E-state index is 0.00858. The number of rotatable bonds is 4. The predicted molar refractivity (Wildman–Crippen MR) is 128 cm³/mol. The lowest BCUT2D eigenvalue weighted by Crippen LogP contribution is -2.50. The second kappa shape index (κ2) is 9.77. The summed E-state index contributed by atoms with van der Waals surface area (Å²) in [5.41, 5.74) is 3.40. The van der Waals surface area contributed by atoms with E-state index in [-0.39, 0.29) is 23.8 Å². The predicted octanol–water partition coefficient (Wildman–Crippen LogP) is 3.08. The molecule has 0 saturated carbocycles. The molecule has 1 N–H and O–H groups in total. The van der Waals surface area contributed by atoms with Gasteiger partial charge in [-0.15, -0.1) is 0 Å². The van der Waals surface area contributed by atoms with Crippen molar-refractivity contribution in [2.24, 2.45) is 5.92 Å². The van der Waals surface area contributed by atoms with Crippen LogP contribution in [-0.4, -0.2) is 71.1 Å². The van der Waals surface area contributed by atoms with Crippen molar-refractivity contribution in [3.63, 3.8) is 0 Å². The van der Waals surface area contributed by atoms with Crippen molar-refractivity contribution in [2.45, 2.75) is 57.2 Å². The van der Waals surface area contributed by atoms with Crippen LogP contribution in [-0.2, 0) is 22.5 Å². The Morgan fingerprint density at radius 2 is 1.94 bits per heavy atom. The van der Waals surface area contributed by atoms with E-state index in [0.717, 1.165) is 63.2 Å². The Morgan fingerprint density at radius 1 is 1.15 bits per heavy atom. The SMILES string of the molecule is C[C@@H]1Cc2cnc(NC3CCOCC3)nc2CN1C(=O)[C@H]1CCN(C)C[C@@H]1c1ccccc1. The second-order valence-electron chi connectivity index (χ2n) is 9.89. The largest absolute Gasteiger partial charge is 0.381 e. The molecule has 7 nitrogen and oxygen atoms in total. The van der Waals surface area contributed by atoms with Crippen LogP contribution in [0.5, 0.6) is 0 Å². The molecule has 0 spiro atoms. The van der Waals surface area contributed by atoms with Gasteiger partial charge in [0.2, 0.25) is 11.9 Å². The zero-order valence-corrected chi connectivity index (χ0v) is 19.7. The molecule has 3 atom stereocenters. The number of amides is 1. The number of benzene rings is 1. The summed E-state index contributed by atoms with van der Waals surface area (Å²) < 4.78 is 5.46. The lowest BCUT2D eigenvalue weighted by atomic mass is 9.79. The number of carbonyl (C=O) groups is 1. The molecule has 0 radical (unpaired) electrons. The number of ether oxygens (including phenoxy) is 1. The van der Waals surface area contributed by atoms with Crippen LogP contribution in [0.4, 0.5) is 5.95 Å². The molecule has 0 bridgehead atoms. The molecule has 2 fully saturated rings. The van der Waals surface area contributed by atoms with Crippen LogP contribution in [0.25, 0.3) is 0 Å². The zero-order valence-electron chi connectivity index (χ0n) is 19.7. The summed E-state index contributed by atoms with van der Waals surface area (Å²) in [6.45, 7) is 6.15. The van der Waals surface area contributed by atoms with Crippen molar-refractivity contribution >= 4 is 11.9 Å². The fourth-order valence-corrected chi connectivity index (χ4v) is 5.55. The number of nitrogens with one attached hydrogen (secondary N) is 1. The average Bonchev–Trinajstić information content (AvgIpc) is 2.84. The highest BCUT2D eigenvalue weighted by Crippen LogP contribution is 2.35. The van der Waals surface area contributed by atoms with E-state index in [1.165, 1.54) is 5.56 Å². The lowest BCUT2D eigenvalue weighted by Gasteiger charge is -2.42. The monoisotopic (exact) mass is 449 g/mol. The Labute approximate surface area is 196 Å². The van der Waals surface area contributed by atoms with Gasteiger partial charge in [-0.3, -0.25) is 4.79 Å². The molecule has 33 heavy (non-hydrogen) atoms. The molecule has 3 aliphatic rings. The van der Waals surface area contributed by atoms with Gasteiger partial charge >= 0.3 is 0 Å². The Bertz CT molecular complexity index is 962. The van der Waals surface area contributed by atoms with E-state index in [9.17, 15) is 4.79 Å². The van der Waals surface area contributed by atoms with Crippen molar-refractivity contribution in [1.29, 1.82) is 0 Å². The molecule has 2 saturated heterocycles. The van der Waals surface area contributed by atoms with Crippen LogP contribution >= 0.6 is 0 Å². The van der Waals surface area contributed by atoms with Crippen molar-refractivity contribution in [1.82, 2.24) is 19.8 Å². The Hall–Kier alpha value is -2.51.